The minimum absolute atomic E-state index is 0.124. The van der Waals surface area contributed by atoms with Crippen molar-refractivity contribution in [2.24, 2.45) is 11.8 Å². The topological polar surface area (TPSA) is 92.9 Å². The van der Waals surface area contributed by atoms with Gasteiger partial charge in [-0.3, -0.25) is 9.59 Å². The maximum absolute atomic E-state index is 11.5. The van der Waals surface area contributed by atoms with Gasteiger partial charge in [0.15, 0.2) is 23.4 Å². The van der Waals surface area contributed by atoms with E-state index in [4.69, 9.17) is 5.21 Å². The Labute approximate surface area is 84.8 Å². The lowest BCUT2D eigenvalue weighted by Crippen LogP contribution is -3.13. The third-order valence-corrected chi connectivity index (χ3v) is 2.91. The van der Waals surface area contributed by atoms with E-state index in [1.807, 2.05) is 0 Å². The number of Topliss-reactive ketones (excluding diaryl/α,β-unsaturated/α-hetero) is 2. The minimum atomic E-state index is -1.24. The van der Waals surface area contributed by atoms with Crippen LogP contribution >= 0.6 is 0 Å². The van der Waals surface area contributed by atoms with E-state index in [0.29, 0.717) is 6.42 Å². The van der Waals surface area contributed by atoms with Gasteiger partial charge in [-0.15, -0.1) is 0 Å². The van der Waals surface area contributed by atoms with Gasteiger partial charge in [-0.1, -0.05) is 5.06 Å². The number of carbonyl (C=O) groups excluding carboxylic acids is 4. The van der Waals surface area contributed by atoms with E-state index in [2.05, 4.69) is 0 Å². The average molecular weight is 212 g/mol. The molecule has 2 N–H and O–H groups in total. The van der Waals surface area contributed by atoms with Crippen LogP contribution in [0.5, 0.6) is 0 Å². The monoisotopic (exact) mass is 212 g/mol. The number of hydroxylamine groups is 2. The predicted octanol–water partition coefficient (Wildman–Crippen LogP) is -2.12. The zero-order chi connectivity index (χ0) is 11.2. The highest BCUT2D eigenvalue weighted by atomic mass is 16.5. The summed E-state index contributed by atoms with van der Waals surface area (Å²) in [5, 5.41) is 8.20. The van der Waals surface area contributed by atoms with E-state index in [1.165, 1.54) is 0 Å². The van der Waals surface area contributed by atoms with Gasteiger partial charge < -0.3 is 0 Å². The van der Waals surface area contributed by atoms with Crippen molar-refractivity contribution in [2.45, 2.75) is 19.3 Å². The van der Waals surface area contributed by atoms with E-state index in [1.54, 1.807) is 0 Å². The van der Waals surface area contributed by atoms with E-state index in [-0.39, 0.29) is 12.8 Å². The number of ketones is 2. The van der Waals surface area contributed by atoms with E-state index in [0.717, 1.165) is 0 Å². The van der Waals surface area contributed by atoms with E-state index >= 15 is 0 Å². The summed E-state index contributed by atoms with van der Waals surface area (Å²) in [7, 11) is 0. The minimum Gasteiger partial charge on any atom is -0.299 e. The third kappa shape index (κ3) is 1.33. The largest absolute Gasteiger partial charge is 0.363 e. The van der Waals surface area contributed by atoms with Gasteiger partial charge in [0.25, 0.3) is 0 Å². The Morgan fingerprint density at radius 3 is 1.73 bits per heavy atom. The van der Waals surface area contributed by atoms with Crippen LogP contribution in [0.1, 0.15) is 19.3 Å². The second-order valence-electron chi connectivity index (χ2n) is 3.82. The van der Waals surface area contributed by atoms with Crippen molar-refractivity contribution in [1.82, 2.24) is 0 Å². The fraction of sp³-hybridized carbons (Fsp3) is 0.556. The van der Waals surface area contributed by atoms with Crippen molar-refractivity contribution >= 4 is 23.4 Å². The highest BCUT2D eigenvalue weighted by Crippen LogP contribution is 2.26. The molecule has 6 heteroatoms. The smallest absolute Gasteiger partial charge is 0.299 e. The van der Waals surface area contributed by atoms with Gasteiger partial charge in [0.05, 0.1) is 0 Å². The molecule has 2 rings (SSSR count). The fourth-order valence-electron chi connectivity index (χ4n) is 2.13. The summed E-state index contributed by atoms with van der Waals surface area (Å²) in [5.74, 6) is -5.07. The molecule has 1 aliphatic carbocycles. The number of hydrogen-bond acceptors (Lipinski definition) is 5. The lowest BCUT2D eigenvalue weighted by atomic mass is 9.89. The molecule has 15 heavy (non-hydrogen) atoms. The van der Waals surface area contributed by atoms with Crippen LogP contribution in [0.25, 0.3) is 0 Å². The summed E-state index contributed by atoms with van der Waals surface area (Å²) in [5.41, 5.74) is 0. The van der Waals surface area contributed by atoms with Crippen LogP contribution < -0.4 is 5.06 Å². The van der Waals surface area contributed by atoms with Gasteiger partial charge in [-0.2, -0.15) is 0 Å². The molecule has 0 spiro atoms. The second-order valence-corrected chi connectivity index (χ2v) is 3.82. The Morgan fingerprint density at radius 2 is 1.33 bits per heavy atom. The summed E-state index contributed by atoms with van der Waals surface area (Å²) in [6.07, 6.45) is 0.629. The zero-order valence-electron chi connectivity index (χ0n) is 7.86. The first-order valence-corrected chi connectivity index (χ1v) is 4.74. The Morgan fingerprint density at radius 1 is 0.933 bits per heavy atom. The van der Waals surface area contributed by atoms with Gasteiger partial charge in [-0.05, 0) is 6.42 Å². The summed E-state index contributed by atoms with van der Waals surface area (Å²) in [6.45, 7) is 0. The van der Waals surface area contributed by atoms with Crippen molar-refractivity contribution in [3.8, 4) is 0 Å². The number of quaternary nitrogens is 1. The molecule has 0 aromatic rings. The molecule has 0 aromatic carbocycles. The molecule has 2 atom stereocenters. The molecule has 1 saturated heterocycles. The summed E-state index contributed by atoms with van der Waals surface area (Å²) in [4.78, 5) is 45.7. The summed E-state index contributed by atoms with van der Waals surface area (Å²) >= 11 is 0. The molecule has 80 valence electrons. The number of hydrogen-bond donors (Lipinski definition) is 2. The van der Waals surface area contributed by atoms with Gasteiger partial charge in [0.2, 0.25) is 0 Å². The molecule has 0 radical (unpaired) electrons. The molecule has 1 heterocycles. The fourth-order valence-corrected chi connectivity index (χ4v) is 2.13. The second kappa shape index (κ2) is 3.32. The van der Waals surface area contributed by atoms with Gasteiger partial charge in [0, 0.05) is 12.8 Å². The third-order valence-electron chi connectivity index (χ3n) is 2.91. The maximum atomic E-state index is 11.5. The molecular weight excluding hydrogens is 202 g/mol. The van der Waals surface area contributed by atoms with Crippen LogP contribution in [-0.2, 0) is 19.2 Å². The number of imide groups is 1. The number of carbonyl (C=O) groups is 4. The van der Waals surface area contributed by atoms with Crippen molar-refractivity contribution in [1.29, 1.82) is 0 Å². The molecule has 1 saturated carbocycles. The Kier molecular flexibility index (Phi) is 2.24. The van der Waals surface area contributed by atoms with Crippen molar-refractivity contribution < 1.29 is 29.4 Å². The van der Waals surface area contributed by atoms with Crippen LogP contribution in [0.2, 0.25) is 0 Å². The van der Waals surface area contributed by atoms with E-state index in [9.17, 15) is 19.2 Å². The molecular formula is C9H10NO5+. The first-order chi connectivity index (χ1) is 7.04. The predicted molar refractivity (Wildman–Crippen MR) is 43.6 cm³/mol. The first kappa shape index (κ1) is 10.1. The first-order valence-electron chi connectivity index (χ1n) is 4.74. The Balaban J connectivity index is 2.44. The van der Waals surface area contributed by atoms with Gasteiger partial charge >= 0.3 is 11.8 Å². The average Bonchev–Trinajstić information content (AvgIpc) is 2.35. The lowest BCUT2D eigenvalue weighted by Gasteiger charge is -2.03. The van der Waals surface area contributed by atoms with Crippen molar-refractivity contribution in [3.63, 3.8) is 0 Å². The van der Waals surface area contributed by atoms with Gasteiger partial charge in [0.1, 0.15) is 0 Å². The van der Waals surface area contributed by atoms with E-state index < -0.39 is 40.3 Å². The SMILES string of the molecule is O=C1CCCC(=O)C2C(=O)[NH+](O)C(=O)C12. The lowest BCUT2D eigenvalue weighted by molar-refractivity contribution is -0.949. The van der Waals surface area contributed by atoms with Gasteiger partial charge in [-0.25, -0.2) is 14.8 Å². The Bertz CT molecular complexity index is 341. The summed E-state index contributed by atoms with van der Waals surface area (Å²) < 4.78 is 0. The van der Waals surface area contributed by atoms with Crippen LogP contribution in [0.4, 0.5) is 0 Å². The molecule has 0 aromatic heterocycles. The van der Waals surface area contributed by atoms with Crippen molar-refractivity contribution in [3.05, 3.63) is 0 Å². The number of fused-ring (bicyclic) bond motifs is 1. The molecule has 2 unspecified atom stereocenters. The van der Waals surface area contributed by atoms with Crippen LogP contribution in [-0.4, -0.2) is 28.6 Å². The number of nitrogens with one attached hydrogen (secondary N) is 1. The highest BCUT2D eigenvalue weighted by molar-refractivity contribution is 6.16. The normalized spacial score (nSPS) is 36.7. The Hall–Kier alpha value is -1.40. The van der Waals surface area contributed by atoms with Crippen LogP contribution in [0.15, 0.2) is 0 Å². The molecule has 0 bridgehead atoms. The molecule has 6 nitrogen and oxygen atoms in total. The molecule has 2 fully saturated rings. The quantitative estimate of drug-likeness (QED) is 0.272. The van der Waals surface area contributed by atoms with Crippen LogP contribution in [0, 0.1) is 11.8 Å². The molecule has 1 aliphatic heterocycles. The highest BCUT2D eigenvalue weighted by Gasteiger charge is 2.60. The number of rotatable bonds is 0. The van der Waals surface area contributed by atoms with Crippen molar-refractivity contribution in [2.75, 3.05) is 0 Å². The maximum Gasteiger partial charge on any atom is 0.363 e. The molecule has 2 amide bonds. The van der Waals surface area contributed by atoms with Crippen LogP contribution in [0.3, 0.4) is 0 Å². The molecule has 2 aliphatic rings. The number of amides is 2. The standard InChI is InChI=1S/C9H9NO5/c11-4-2-1-3-5(12)7-6(4)8(13)10(15)9(7)14/h6-7,15H,1-3H2/p+1. The zero-order valence-corrected chi connectivity index (χ0v) is 7.86. The summed E-state index contributed by atoms with van der Waals surface area (Å²) in [6, 6.07) is 0.